The molecule has 0 bridgehead atoms. The van der Waals surface area contributed by atoms with E-state index < -0.39 is 23.3 Å². The van der Waals surface area contributed by atoms with Crippen LogP contribution >= 0.6 is 27.3 Å². The molecule has 49 heavy (non-hydrogen) atoms. The van der Waals surface area contributed by atoms with E-state index in [2.05, 4.69) is 36.9 Å². The Morgan fingerprint density at radius 1 is 1.22 bits per heavy atom. The lowest BCUT2D eigenvalue weighted by Gasteiger charge is -2.32. The van der Waals surface area contributed by atoms with Gasteiger partial charge in [-0.15, -0.1) is 11.3 Å². The van der Waals surface area contributed by atoms with Crippen molar-refractivity contribution in [3.8, 4) is 29.0 Å². The highest BCUT2D eigenvalue weighted by Crippen LogP contribution is 2.51. The van der Waals surface area contributed by atoms with Crippen LogP contribution < -0.4 is 25.8 Å². The smallest absolute Gasteiger partial charge is 0.319 e. The van der Waals surface area contributed by atoms with E-state index in [0.29, 0.717) is 36.5 Å². The fraction of sp³-hybridized carbons (Fsp3) is 0.353. The molecule has 0 saturated carbocycles. The summed E-state index contributed by atoms with van der Waals surface area (Å²) >= 11 is 4.53. The molecular formula is C34H30BrF3N8O2S. The molecule has 0 aliphatic carbocycles. The summed E-state index contributed by atoms with van der Waals surface area (Å²) in [5.74, 6) is -0.364. The second-order valence-electron chi connectivity index (χ2n) is 12.7. The molecule has 3 aliphatic rings. The minimum Gasteiger partial charge on any atom is -0.490 e. The summed E-state index contributed by atoms with van der Waals surface area (Å²) in [5.41, 5.74) is 12.9. The molecule has 2 fully saturated rings. The Labute approximate surface area is 291 Å². The Hall–Kier alpha value is -4.39. The van der Waals surface area contributed by atoms with E-state index in [0.717, 1.165) is 36.3 Å². The Morgan fingerprint density at radius 2 is 2.06 bits per heavy atom. The predicted octanol–water partition coefficient (Wildman–Crippen LogP) is 6.90. The average molecular weight is 752 g/mol. The number of nitriles is 1. The van der Waals surface area contributed by atoms with Gasteiger partial charge in [-0.3, -0.25) is 4.90 Å². The van der Waals surface area contributed by atoms with Crippen molar-refractivity contribution in [3.63, 3.8) is 0 Å². The molecule has 8 rings (SSSR count). The Bertz CT molecular complexity index is 2210. The van der Waals surface area contributed by atoms with Gasteiger partial charge in [-0.05, 0) is 59.9 Å². The predicted molar refractivity (Wildman–Crippen MR) is 186 cm³/mol. The lowest BCUT2D eigenvalue weighted by molar-refractivity contribution is 0.107. The van der Waals surface area contributed by atoms with E-state index in [9.17, 15) is 9.65 Å². The van der Waals surface area contributed by atoms with Crippen molar-refractivity contribution in [1.29, 1.82) is 5.26 Å². The number of nitrogens with two attached hydrogens (primary N) is 2. The van der Waals surface area contributed by atoms with Gasteiger partial charge >= 0.3 is 6.01 Å². The molecule has 5 aromatic rings. The highest BCUT2D eigenvalue weighted by atomic mass is 79.9. The summed E-state index contributed by atoms with van der Waals surface area (Å²) in [6.45, 7) is 3.72. The van der Waals surface area contributed by atoms with E-state index in [1.165, 1.54) is 12.1 Å². The van der Waals surface area contributed by atoms with Crippen molar-refractivity contribution < 1.29 is 22.6 Å². The number of ether oxygens (including phenoxy) is 2. The van der Waals surface area contributed by atoms with Gasteiger partial charge in [-0.25, -0.2) is 18.2 Å². The minimum atomic E-state index is -0.957. The van der Waals surface area contributed by atoms with Crippen molar-refractivity contribution >= 4 is 64.9 Å². The third-order valence-electron chi connectivity index (χ3n) is 10.0. The molecule has 3 atom stereocenters. The summed E-state index contributed by atoms with van der Waals surface area (Å²) in [4.78, 5) is 17.8. The van der Waals surface area contributed by atoms with Crippen LogP contribution in [0.5, 0.6) is 11.8 Å². The van der Waals surface area contributed by atoms with Gasteiger partial charge in [0, 0.05) is 35.7 Å². The van der Waals surface area contributed by atoms with Crippen LogP contribution in [-0.4, -0.2) is 64.4 Å². The van der Waals surface area contributed by atoms with Gasteiger partial charge in [0.25, 0.3) is 0 Å². The zero-order chi connectivity index (χ0) is 34.2. The van der Waals surface area contributed by atoms with Crippen LogP contribution in [0.1, 0.15) is 43.4 Å². The van der Waals surface area contributed by atoms with Crippen LogP contribution in [0.2, 0.25) is 0 Å². The van der Waals surface area contributed by atoms with Crippen LogP contribution in [0.25, 0.3) is 32.1 Å². The molecule has 3 aliphatic heterocycles. The molecule has 10 nitrogen and oxygen atoms in total. The van der Waals surface area contributed by atoms with Crippen molar-refractivity contribution in [2.75, 3.05) is 49.2 Å². The van der Waals surface area contributed by atoms with Gasteiger partial charge in [0.2, 0.25) is 0 Å². The Morgan fingerprint density at radius 3 is 2.86 bits per heavy atom. The van der Waals surface area contributed by atoms with E-state index in [4.69, 9.17) is 25.9 Å². The molecule has 2 saturated heterocycles. The molecule has 6 heterocycles. The number of alkyl halides is 1. The van der Waals surface area contributed by atoms with E-state index in [1.54, 1.807) is 12.3 Å². The largest absolute Gasteiger partial charge is 0.490 e. The van der Waals surface area contributed by atoms with Crippen molar-refractivity contribution in [2.45, 2.75) is 43.9 Å². The number of pyridine rings is 1. The van der Waals surface area contributed by atoms with Crippen molar-refractivity contribution in [3.05, 3.63) is 57.7 Å². The van der Waals surface area contributed by atoms with Crippen LogP contribution in [0.4, 0.5) is 29.8 Å². The molecule has 2 aromatic carbocycles. The highest BCUT2D eigenvalue weighted by Gasteiger charge is 2.49. The van der Waals surface area contributed by atoms with Crippen LogP contribution in [0, 0.1) is 23.0 Å². The SMILES string of the molecule is C[C@H](c1cccnc1N)N1CCOc2c(Br)c(-c3ccc(F)c4sc(N)c(C#N)c34)c(F)c3nc(OC[C@@]45CCCN4C[C@H](F)C5)nc1c23. The quantitative estimate of drug-likeness (QED) is 0.188. The van der Waals surface area contributed by atoms with Gasteiger partial charge in [-0.1, -0.05) is 12.1 Å². The third-order valence-corrected chi connectivity index (χ3v) is 11.8. The third kappa shape index (κ3) is 4.94. The van der Waals surface area contributed by atoms with Crippen LogP contribution in [0.15, 0.2) is 34.9 Å². The summed E-state index contributed by atoms with van der Waals surface area (Å²) in [6, 6.07) is 7.91. The lowest BCUT2D eigenvalue weighted by Crippen LogP contribution is -2.43. The highest BCUT2D eigenvalue weighted by molar-refractivity contribution is 9.10. The monoisotopic (exact) mass is 750 g/mol. The van der Waals surface area contributed by atoms with E-state index in [1.807, 2.05) is 17.9 Å². The molecule has 0 spiro atoms. The van der Waals surface area contributed by atoms with Gasteiger partial charge < -0.3 is 25.8 Å². The normalized spacial score (nSPS) is 21.1. The molecule has 0 radical (unpaired) electrons. The van der Waals surface area contributed by atoms with Crippen LogP contribution in [-0.2, 0) is 0 Å². The molecule has 0 amide bonds. The number of nitrogen functional groups attached to an aromatic ring is 2. The number of halogens is 4. The topological polar surface area (TPSA) is 139 Å². The zero-order valence-corrected chi connectivity index (χ0v) is 28.7. The number of hydrogen-bond donors (Lipinski definition) is 2. The van der Waals surface area contributed by atoms with Crippen molar-refractivity contribution in [2.24, 2.45) is 0 Å². The summed E-state index contributed by atoms with van der Waals surface area (Å²) < 4.78 is 59.9. The first-order chi connectivity index (χ1) is 23.6. The summed E-state index contributed by atoms with van der Waals surface area (Å²) in [6.07, 6.45) is 2.69. The van der Waals surface area contributed by atoms with Crippen molar-refractivity contribution in [1.82, 2.24) is 19.9 Å². The summed E-state index contributed by atoms with van der Waals surface area (Å²) in [7, 11) is 0. The Balaban J connectivity index is 1.36. The molecule has 0 unspecified atom stereocenters. The maximum Gasteiger partial charge on any atom is 0.319 e. The number of nitrogens with zero attached hydrogens (tertiary/aromatic N) is 6. The number of fused-ring (bicyclic) bond motifs is 2. The number of anilines is 3. The number of thiophene rings is 1. The van der Waals surface area contributed by atoms with Gasteiger partial charge in [0.1, 0.15) is 59.2 Å². The Kier molecular flexibility index (Phi) is 7.73. The van der Waals surface area contributed by atoms with E-state index >= 15 is 8.78 Å². The molecule has 252 valence electrons. The first kappa shape index (κ1) is 31.9. The number of aromatic nitrogens is 3. The molecule has 3 aromatic heterocycles. The molecule has 4 N–H and O–H groups in total. The van der Waals surface area contributed by atoms with Gasteiger partial charge in [0.15, 0.2) is 5.82 Å². The maximum atomic E-state index is 17.3. The number of hydrogen-bond acceptors (Lipinski definition) is 11. The lowest BCUT2D eigenvalue weighted by atomic mass is 9.95. The number of rotatable bonds is 6. The van der Waals surface area contributed by atoms with Crippen LogP contribution in [0.3, 0.4) is 0 Å². The van der Waals surface area contributed by atoms with E-state index in [-0.39, 0.29) is 72.8 Å². The standard InChI is InChI=1S/C34H30BrF3N8O2S/c1-16(18-4-2-8-42-30(18)40)46-10-11-47-28-24-27(43-33(44-32(24)46)48-15-34-7-3-9-45(34)14-17(36)12-34)26(38)23(25(28)35)19-5-6-21(37)29-22(19)20(13-39)31(41)49-29/h2,4-6,8,16-17H,3,7,9-12,14-15,41H2,1H3,(H2,40,42)/t16-,17-,34+/m1/s1. The fourth-order valence-electron chi connectivity index (χ4n) is 7.72. The minimum absolute atomic E-state index is 0.0204. The molecular weight excluding hydrogens is 721 g/mol. The zero-order valence-electron chi connectivity index (χ0n) is 26.3. The summed E-state index contributed by atoms with van der Waals surface area (Å²) in [5, 5.41) is 10.6. The first-order valence-corrected chi connectivity index (χ1v) is 17.5. The van der Waals surface area contributed by atoms with Gasteiger partial charge in [0.05, 0.1) is 38.2 Å². The maximum absolute atomic E-state index is 17.3. The fourth-order valence-corrected chi connectivity index (χ4v) is 9.37. The molecule has 15 heteroatoms. The van der Waals surface area contributed by atoms with Gasteiger partial charge in [-0.2, -0.15) is 15.2 Å². The first-order valence-electron chi connectivity index (χ1n) is 15.9. The number of benzene rings is 2. The second-order valence-corrected chi connectivity index (χ2v) is 14.5. The average Bonchev–Trinajstić information content (AvgIpc) is 3.68. The second kappa shape index (κ2) is 11.9.